The number of hydrogen-bond donors (Lipinski definition) is 2. The third-order valence-corrected chi connectivity index (χ3v) is 5.11. The zero-order chi connectivity index (χ0) is 21.4. The molecule has 0 aliphatic carbocycles. The predicted octanol–water partition coefficient (Wildman–Crippen LogP) is 2.26. The van der Waals surface area contributed by atoms with Gasteiger partial charge in [-0.3, -0.25) is 4.79 Å². The Morgan fingerprint density at radius 3 is 2.70 bits per heavy atom. The summed E-state index contributed by atoms with van der Waals surface area (Å²) in [4.78, 5) is 12.9. The van der Waals surface area contributed by atoms with Crippen molar-refractivity contribution in [1.82, 2.24) is 14.9 Å². The van der Waals surface area contributed by atoms with Crippen molar-refractivity contribution in [1.29, 1.82) is 0 Å². The molecule has 1 aromatic carbocycles. The predicted molar refractivity (Wildman–Crippen MR) is 105 cm³/mol. The van der Waals surface area contributed by atoms with Crippen molar-refractivity contribution < 1.29 is 23.0 Å². The van der Waals surface area contributed by atoms with Crippen molar-refractivity contribution >= 4 is 11.4 Å². The molecule has 30 heavy (non-hydrogen) atoms. The first-order valence-corrected chi connectivity index (χ1v) is 9.55. The maximum absolute atomic E-state index is 13.9. The van der Waals surface area contributed by atoms with E-state index in [1.165, 1.54) is 22.7 Å². The van der Waals surface area contributed by atoms with Gasteiger partial charge in [-0.05, 0) is 37.6 Å². The van der Waals surface area contributed by atoms with Gasteiger partial charge in [-0.2, -0.15) is 9.61 Å². The highest BCUT2D eigenvalue weighted by Gasteiger charge is 2.29. The lowest BCUT2D eigenvalue weighted by atomic mass is 10.1. The minimum absolute atomic E-state index is 0.177. The maximum atomic E-state index is 13.9. The number of ether oxygens (including phenoxy) is 2. The zero-order valence-electron chi connectivity index (χ0n) is 16.6. The topological polar surface area (TPSA) is 90.9 Å². The first-order chi connectivity index (χ1) is 14.3. The van der Waals surface area contributed by atoms with Crippen LogP contribution in [0.4, 0.5) is 8.78 Å². The molecule has 1 amide bonds. The van der Waals surface area contributed by atoms with Crippen molar-refractivity contribution in [2.45, 2.75) is 32.5 Å². The average molecular weight is 416 g/mol. The smallest absolute Gasteiger partial charge is 0.255 e. The summed E-state index contributed by atoms with van der Waals surface area (Å²) in [6.07, 6.45) is 0. The number of aromatic nitrogens is 2. The number of nitrogens with zero attached hydrogens (tertiary/aromatic N) is 2. The standard InChI is InChI=1S/C21H22F2N4O3/c1-11-6-18-20(21(28)25-17-10-29-9-16(17)24)12(2)26-27(18)19(7-11)30-8-13-14(22)4-3-5-15(13)23/h3-7,16-17H,8-10,24H2,1-2H3,(H,25,28). The number of halogens is 2. The lowest BCUT2D eigenvalue weighted by molar-refractivity contribution is 0.0929. The van der Waals surface area contributed by atoms with Gasteiger partial charge in [-0.1, -0.05) is 6.07 Å². The number of aryl methyl sites for hydroxylation is 2. The fourth-order valence-electron chi connectivity index (χ4n) is 3.52. The summed E-state index contributed by atoms with van der Waals surface area (Å²) in [5.41, 5.74) is 8.00. The summed E-state index contributed by atoms with van der Waals surface area (Å²) >= 11 is 0. The van der Waals surface area contributed by atoms with E-state index in [-0.39, 0.29) is 36.0 Å². The molecule has 0 radical (unpaired) electrons. The van der Waals surface area contributed by atoms with Crippen LogP contribution in [-0.2, 0) is 11.3 Å². The number of nitrogens with two attached hydrogens (primary N) is 1. The molecule has 1 fully saturated rings. The van der Waals surface area contributed by atoms with Gasteiger partial charge in [-0.25, -0.2) is 8.78 Å². The van der Waals surface area contributed by atoms with E-state index in [4.69, 9.17) is 15.2 Å². The van der Waals surface area contributed by atoms with Crippen LogP contribution in [0.25, 0.3) is 5.52 Å². The summed E-state index contributed by atoms with van der Waals surface area (Å²) in [7, 11) is 0. The Balaban J connectivity index is 1.66. The van der Waals surface area contributed by atoms with Gasteiger partial charge in [0.05, 0.1) is 47.6 Å². The average Bonchev–Trinajstić information content (AvgIpc) is 3.23. The lowest BCUT2D eigenvalue weighted by Crippen LogP contribution is -2.46. The molecule has 2 unspecified atom stereocenters. The summed E-state index contributed by atoms with van der Waals surface area (Å²) in [5.74, 6) is -1.42. The van der Waals surface area contributed by atoms with Gasteiger partial charge in [0.25, 0.3) is 5.91 Å². The number of rotatable bonds is 5. The Kier molecular flexibility index (Phi) is 5.40. The van der Waals surface area contributed by atoms with Crippen LogP contribution in [0.2, 0.25) is 0 Å². The van der Waals surface area contributed by atoms with Crippen molar-refractivity contribution in [2.24, 2.45) is 5.73 Å². The molecular weight excluding hydrogens is 394 g/mol. The summed E-state index contributed by atoms with van der Waals surface area (Å²) in [6, 6.07) is 6.58. The van der Waals surface area contributed by atoms with Crippen LogP contribution in [0.3, 0.4) is 0 Å². The summed E-state index contributed by atoms with van der Waals surface area (Å²) in [5, 5.41) is 7.30. The Hall–Kier alpha value is -3.04. The molecule has 1 aliphatic rings. The van der Waals surface area contributed by atoms with Crippen molar-refractivity contribution in [3.63, 3.8) is 0 Å². The third kappa shape index (κ3) is 3.73. The van der Waals surface area contributed by atoms with E-state index >= 15 is 0 Å². The lowest BCUT2D eigenvalue weighted by Gasteiger charge is -2.15. The van der Waals surface area contributed by atoms with Crippen LogP contribution in [-0.4, -0.2) is 40.8 Å². The maximum Gasteiger partial charge on any atom is 0.255 e. The number of nitrogens with one attached hydrogen (secondary N) is 1. The molecule has 158 valence electrons. The number of fused-ring (bicyclic) bond motifs is 1. The van der Waals surface area contributed by atoms with Crippen LogP contribution in [0, 0.1) is 25.5 Å². The molecule has 0 bridgehead atoms. The van der Waals surface area contributed by atoms with Crippen LogP contribution in [0.15, 0.2) is 30.3 Å². The van der Waals surface area contributed by atoms with Gasteiger partial charge in [0.1, 0.15) is 18.2 Å². The minimum Gasteiger partial charge on any atom is -0.473 e. The second-order valence-corrected chi connectivity index (χ2v) is 7.40. The summed E-state index contributed by atoms with van der Waals surface area (Å²) < 4.78 is 40.3. The quantitative estimate of drug-likeness (QED) is 0.666. The first kappa shape index (κ1) is 20.2. The molecule has 0 spiro atoms. The highest BCUT2D eigenvalue weighted by Crippen LogP contribution is 2.25. The second-order valence-electron chi connectivity index (χ2n) is 7.40. The highest BCUT2D eigenvalue weighted by molar-refractivity contribution is 6.02. The van der Waals surface area contributed by atoms with Gasteiger partial charge in [0.15, 0.2) is 0 Å². The number of hydrogen-bond acceptors (Lipinski definition) is 5. The molecule has 2 aromatic heterocycles. The Morgan fingerprint density at radius 1 is 1.30 bits per heavy atom. The van der Waals surface area contributed by atoms with Crippen molar-refractivity contribution in [2.75, 3.05) is 13.2 Å². The monoisotopic (exact) mass is 416 g/mol. The third-order valence-electron chi connectivity index (χ3n) is 5.11. The molecule has 9 heteroatoms. The van der Waals surface area contributed by atoms with E-state index in [2.05, 4.69) is 10.4 Å². The first-order valence-electron chi connectivity index (χ1n) is 9.55. The number of benzene rings is 1. The van der Waals surface area contributed by atoms with Crippen LogP contribution in [0.1, 0.15) is 27.2 Å². The Labute approximate surface area is 171 Å². The van der Waals surface area contributed by atoms with Crippen LogP contribution >= 0.6 is 0 Å². The van der Waals surface area contributed by atoms with E-state index in [1.807, 2.05) is 6.92 Å². The Morgan fingerprint density at radius 2 is 2.03 bits per heavy atom. The second kappa shape index (κ2) is 8.00. The Bertz CT molecular complexity index is 1100. The molecule has 1 saturated heterocycles. The van der Waals surface area contributed by atoms with Gasteiger partial charge < -0.3 is 20.5 Å². The highest BCUT2D eigenvalue weighted by atomic mass is 19.1. The normalized spacial score (nSPS) is 18.7. The van der Waals surface area contributed by atoms with Crippen LogP contribution < -0.4 is 15.8 Å². The van der Waals surface area contributed by atoms with E-state index in [9.17, 15) is 13.6 Å². The minimum atomic E-state index is -0.689. The largest absolute Gasteiger partial charge is 0.473 e. The zero-order valence-corrected chi connectivity index (χ0v) is 16.6. The molecule has 4 rings (SSSR count). The number of carbonyl (C=O) groups is 1. The SMILES string of the molecule is Cc1cc(OCc2c(F)cccc2F)n2nc(C)c(C(=O)NC3COCC3N)c2c1. The molecule has 2 atom stereocenters. The molecule has 3 heterocycles. The van der Waals surface area contributed by atoms with E-state index in [0.717, 1.165) is 5.56 Å². The van der Waals surface area contributed by atoms with E-state index < -0.39 is 11.6 Å². The molecule has 1 aliphatic heterocycles. The number of carbonyl (C=O) groups excluding carboxylic acids is 1. The van der Waals surface area contributed by atoms with Gasteiger partial charge >= 0.3 is 0 Å². The molecule has 3 N–H and O–H groups in total. The van der Waals surface area contributed by atoms with E-state index in [0.29, 0.717) is 30.0 Å². The molecule has 3 aromatic rings. The van der Waals surface area contributed by atoms with Crippen molar-refractivity contribution in [3.8, 4) is 5.88 Å². The van der Waals surface area contributed by atoms with Crippen molar-refractivity contribution in [3.05, 3.63) is 64.4 Å². The molecule has 0 saturated carbocycles. The number of amides is 1. The van der Waals surface area contributed by atoms with Gasteiger partial charge in [0.2, 0.25) is 5.88 Å². The summed E-state index contributed by atoms with van der Waals surface area (Å²) in [6.45, 7) is 3.98. The van der Waals surface area contributed by atoms with Gasteiger partial charge in [0, 0.05) is 6.07 Å². The van der Waals surface area contributed by atoms with E-state index in [1.54, 1.807) is 19.1 Å². The van der Waals surface area contributed by atoms with Crippen LogP contribution in [0.5, 0.6) is 5.88 Å². The number of pyridine rings is 1. The fourth-order valence-corrected chi connectivity index (χ4v) is 3.52. The molecular formula is C21H22F2N4O3. The fraction of sp³-hybridized carbons (Fsp3) is 0.333. The van der Waals surface area contributed by atoms with Gasteiger partial charge in [-0.15, -0.1) is 0 Å². The molecule has 7 nitrogen and oxygen atoms in total.